The average molecular weight is 449 g/mol. The maximum Gasteiger partial charge on any atom is 0.330 e. The molecule has 1 amide bonds. The predicted molar refractivity (Wildman–Crippen MR) is 128 cm³/mol. The van der Waals surface area contributed by atoms with Crippen molar-refractivity contribution in [1.29, 1.82) is 0 Å². The molecule has 1 aliphatic rings. The number of amides is 1. The van der Waals surface area contributed by atoms with Crippen molar-refractivity contribution in [1.82, 2.24) is 9.55 Å². The SMILES string of the molecule is CCCCn1c(N)c(N(CCC)C(=O)C2c3ccccc3Oc3ccccc32)c(=O)[nH]c1=O. The van der Waals surface area contributed by atoms with Gasteiger partial charge in [-0.3, -0.25) is 19.1 Å². The summed E-state index contributed by atoms with van der Waals surface area (Å²) in [6, 6.07) is 14.8. The summed E-state index contributed by atoms with van der Waals surface area (Å²) < 4.78 is 7.36. The molecule has 0 saturated heterocycles. The fourth-order valence-corrected chi connectivity index (χ4v) is 4.26. The molecule has 0 bridgehead atoms. The van der Waals surface area contributed by atoms with Gasteiger partial charge < -0.3 is 15.4 Å². The topological polar surface area (TPSA) is 110 Å². The number of nitrogens with two attached hydrogens (primary N) is 1. The van der Waals surface area contributed by atoms with E-state index in [2.05, 4.69) is 4.98 Å². The number of fused-ring (bicyclic) bond motifs is 2. The molecule has 0 radical (unpaired) electrons. The van der Waals surface area contributed by atoms with Crippen LogP contribution in [0.4, 0.5) is 11.5 Å². The molecule has 8 nitrogen and oxygen atoms in total. The first kappa shape index (κ1) is 22.4. The van der Waals surface area contributed by atoms with Crippen molar-refractivity contribution < 1.29 is 9.53 Å². The lowest BCUT2D eigenvalue weighted by Crippen LogP contribution is -2.44. The van der Waals surface area contributed by atoms with Gasteiger partial charge in [0.15, 0.2) is 5.69 Å². The van der Waals surface area contributed by atoms with E-state index in [4.69, 9.17) is 10.5 Å². The quantitative estimate of drug-likeness (QED) is 0.574. The average Bonchev–Trinajstić information content (AvgIpc) is 2.81. The van der Waals surface area contributed by atoms with Crippen molar-refractivity contribution in [2.45, 2.75) is 45.6 Å². The van der Waals surface area contributed by atoms with E-state index in [1.807, 2.05) is 62.4 Å². The molecule has 172 valence electrons. The highest BCUT2D eigenvalue weighted by Crippen LogP contribution is 2.45. The zero-order valence-electron chi connectivity index (χ0n) is 18.8. The molecule has 2 heterocycles. The number of carbonyl (C=O) groups excluding carboxylic acids is 1. The fraction of sp³-hybridized carbons (Fsp3) is 0.320. The van der Waals surface area contributed by atoms with Crippen molar-refractivity contribution >= 4 is 17.4 Å². The zero-order valence-corrected chi connectivity index (χ0v) is 18.8. The van der Waals surface area contributed by atoms with Crippen LogP contribution >= 0.6 is 0 Å². The van der Waals surface area contributed by atoms with Crippen LogP contribution in [-0.2, 0) is 11.3 Å². The standard InChI is InChI=1S/C25H28N4O4/c1-3-5-15-29-22(26)21(23(30)27-25(29)32)28(14-4-2)24(31)20-16-10-6-8-12-18(16)33-19-13-9-7-11-17(19)20/h6-13,20H,3-5,14-15,26H2,1-2H3,(H,27,30,32). The number of benzene rings is 2. The summed E-state index contributed by atoms with van der Waals surface area (Å²) in [5.74, 6) is 0.236. The summed E-state index contributed by atoms with van der Waals surface area (Å²) in [4.78, 5) is 43.2. The maximum atomic E-state index is 14.1. The Hall–Kier alpha value is -3.81. The van der Waals surface area contributed by atoms with Gasteiger partial charge in [0.1, 0.15) is 17.3 Å². The lowest BCUT2D eigenvalue weighted by molar-refractivity contribution is -0.119. The maximum absolute atomic E-state index is 14.1. The van der Waals surface area contributed by atoms with Crippen molar-refractivity contribution in [3.05, 3.63) is 80.5 Å². The number of nitrogens with one attached hydrogen (secondary N) is 1. The molecular weight excluding hydrogens is 420 g/mol. The van der Waals surface area contributed by atoms with Gasteiger partial charge in [0.05, 0.1) is 5.92 Å². The van der Waals surface area contributed by atoms with Crippen LogP contribution in [0, 0.1) is 0 Å². The second-order valence-electron chi connectivity index (χ2n) is 8.10. The van der Waals surface area contributed by atoms with Crippen LogP contribution in [0.1, 0.15) is 50.2 Å². The third-order valence-electron chi connectivity index (χ3n) is 5.86. The van der Waals surface area contributed by atoms with Crippen LogP contribution in [0.25, 0.3) is 0 Å². The number of nitrogen functional groups attached to an aromatic ring is 1. The van der Waals surface area contributed by atoms with Gasteiger partial charge in [-0.15, -0.1) is 0 Å². The van der Waals surface area contributed by atoms with Crippen molar-refractivity contribution in [2.75, 3.05) is 17.2 Å². The molecule has 1 aliphatic heterocycles. The van der Waals surface area contributed by atoms with E-state index >= 15 is 0 Å². The molecule has 0 spiro atoms. The van der Waals surface area contributed by atoms with Crippen LogP contribution in [0.15, 0.2) is 58.1 Å². The van der Waals surface area contributed by atoms with Crippen LogP contribution in [-0.4, -0.2) is 22.0 Å². The Balaban J connectivity index is 1.87. The Bertz CT molecular complexity index is 1250. The molecule has 3 aromatic rings. The molecule has 4 rings (SSSR count). The highest BCUT2D eigenvalue weighted by Gasteiger charge is 2.37. The van der Waals surface area contributed by atoms with Gasteiger partial charge in [0.2, 0.25) is 5.91 Å². The first-order valence-corrected chi connectivity index (χ1v) is 11.3. The smallest absolute Gasteiger partial charge is 0.330 e. The lowest BCUT2D eigenvalue weighted by Gasteiger charge is -2.32. The fourth-order valence-electron chi connectivity index (χ4n) is 4.26. The third kappa shape index (κ3) is 4.04. The molecule has 0 unspecified atom stereocenters. The minimum Gasteiger partial charge on any atom is -0.457 e. The molecular formula is C25H28N4O4. The monoisotopic (exact) mass is 448 g/mol. The van der Waals surface area contributed by atoms with E-state index in [9.17, 15) is 14.4 Å². The number of rotatable bonds is 7. The van der Waals surface area contributed by atoms with E-state index in [0.29, 0.717) is 24.5 Å². The molecule has 2 aromatic carbocycles. The van der Waals surface area contributed by atoms with Crippen molar-refractivity contribution in [2.24, 2.45) is 0 Å². The summed E-state index contributed by atoms with van der Waals surface area (Å²) in [7, 11) is 0. The second kappa shape index (κ2) is 9.36. The Morgan fingerprint density at radius 1 is 1.03 bits per heavy atom. The van der Waals surface area contributed by atoms with E-state index in [1.165, 1.54) is 9.47 Å². The minimum atomic E-state index is -0.674. The molecule has 0 fully saturated rings. The Labute approximate surface area is 191 Å². The van der Waals surface area contributed by atoms with Crippen molar-refractivity contribution in [3.8, 4) is 11.5 Å². The summed E-state index contributed by atoms with van der Waals surface area (Å²) in [5, 5.41) is 0. The molecule has 33 heavy (non-hydrogen) atoms. The molecule has 8 heteroatoms. The first-order valence-electron chi connectivity index (χ1n) is 11.3. The minimum absolute atomic E-state index is 0.00706. The van der Waals surface area contributed by atoms with Crippen LogP contribution in [0.5, 0.6) is 11.5 Å². The number of nitrogens with zero attached hydrogens (tertiary/aromatic N) is 2. The molecule has 0 saturated carbocycles. The normalized spacial score (nSPS) is 12.5. The van der Waals surface area contributed by atoms with Gasteiger partial charge in [-0.25, -0.2) is 4.79 Å². The number of hydrogen-bond acceptors (Lipinski definition) is 5. The number of hydrogen-bond donors (Lipinski definition) is 2. The van der Waals surface area contributed by atoms with Gasteiger partial charge >= 0.3 is 5.69 Å². The Morgan fingerprint density at radius 2 is 1.64 bits per heavy atom. The molecule has 1 aromatic heterocycles. The third-order valence-corrected chi connectivity index (χ3v) is 5.86. The second-order valence-corrected chi connectivity index (χ2v) is 8.10. The number of aromatic nitrogens is 2. The largest absolute Gasteiger partial charge is 0.457 e. The van der Waals surface area contributed by atoms with Crippen molar-refractivity contribution in [3.63, 3.8) is 0 Å². The number of H-pyrrole nitrogens is 1. The molecule has 0 aliphatic carbocycles. The van der Waals surface area contributed by atoms with Gasteiger partial charge in [-0.05, 0) is 25.0 Å². The Morgan fingerprint density at radius 3 is 2.21 bits per heavy atom. The summed E-state index contributed by atoms with van der Waals surface area (Å²) >= 11 is 0. The number of carbonyl (C=O) groups is 1. The number of aromatic amines is 1. The summed E-state index contributed by atoms with van der Waals surface area (Å²) in [6.07, 6.45) is 2.18. The predicted octanol–water partition coefficient (Wildman–Crippen LogP) is 3.60. The van der Waals surface area contributed by atoms with Gasteiger partial charge in [-0.1, -0.05) is 56.7 Å². The van der Waals surface area contributed by atoms with E-state index in [-0.39, 0.29) is 24.0 Å². The van der Waals surface area contributed by atoms with Gasteiger partial charge in [-0.2, -0.15) is 0 Å². The highest BCUT2D eigenvalue weighted by molar-refractivity contribution is 6.02. The van der Waals surface area contributed by atoms with E-state index < -0.39 is 17.2 Å². The van der Waals surface area contributed by atoms with Gasteiger partial charge in [0, 0.05) is 24.2 Å². The molecule has 0 atom stereocenters. The number of anilines is 2. The summed E-state index contributed by atoms with van der Waals surface area (Å²) in [5.41, 5.74) is 6.55. The Kier molecular flexibility index (Phi) is 6.35. The summed E-state index contributed by atoms with van der Waals surface area (Å²) in [6.45, 7) is 4.56. The van der Waals surface area contributed by atoms with Gasteiger partial charge in [0.25, 0.3) is 5.56 Å². The molecule has 3 N–H and O–H groups in total. The number of para-hydroxylation sites is 2. The zero-order chi connectivity index (χ0) is 23.5. The number of ether oxygens (including phenoxy) is 1. The number of unbranched alkanes of at least 4 members (excludes halogenated alkanes) is 1. The van der Waals surface area contributed by atoms with Crippen LogP contribution in [0.2, 0.25) is 0 Å². The van der Waals surface area contributed by atoms with E-state index in [0.717, 1.165) is 24.0 Å². The van der Waals surface area contributed by atoms with E-state index in [1.54, 1.807) is 0 Å². The van der Waals surface area contributed by atoms with Crippen LogP contribution < -0.4 is 26.6 Å². The lowest BCUT2D eigenvalue weighted by atomic mass is 9.86. The van der Waals surface area contributed by atoms with Crippen LogP contribution in [0.3, 0.4) is 0 Å². The highest BCUT2D eigenvalue weighted by atomic mass is 16.5. The first-order chi connectivity index (χ1) is 16.0.